The van der Waals surface area contributed by atoms with E-state index in [9.17, 15) is 9.59 Å². The summed E-state index contributed by atoms with van der Waals surface area (Å²) in [5.74, 6) is -1.26. The molecule has 22 heavy (non-hydrogen) atoms. The van der Waals surface area contributed by atoms with Gasteiger partial charge in [0.1, 0.15) is 0 Å². The molecule has 2 rings (SSSR count). The third kappa shape index (κ3) is 4.50. The molecule has 1 amide bonds. The number of thioether (sulfide) groups is 1. The molecular weight excluding hydrogens is 390 g/mol. The smallest absolute Gasteiger partial charge is 0.337 e. The lowest BCUT2D eigenvalue weighted by Crippen LogP contribution is -2.16. The molecule has 7 heteroatoms. The zero-order chi connectivity index (χ0) is 16.1. The molecule has 0 aromatic heterocycles. The number of carbonyl (C=O) groups is 2. The van der Waals surface area contributed by atoms with E-state index in [1.54, 1.807) is 0 Å². The van der Waals surface area contributed by atoms with Crippen LogP contribution in [0.5, 0.6) is 0 Å². The molecule has 0 radical (unpaired) electrons. The van der Waals surface area contributed by atoms with E-state index >= 15 is 0 Å². The van der Waals surface area contributed by atoms with Crippen molar-refractivity contribution < 1.29 is 14.7 Å². The Labute approximate surface area is 145 Å². The zero-order valence-corrected chi connectivity index (χ0v) is 14.3. The van der Waals surface area contributed by atoms with Crippen LogP contribution in [0.15, 0.2) is 51.8 Å². The second kappa shape index (κ2) is 7.67. The van der Waals surface area contributed by atoms with E-state index < -0.39 is 5.97 Å². The van der Waals surface area contributed by atoms with Crippen LogP contribution in [-0.2, 0) is 4.79 Å². The molecule has 0 saturated carbocycles. The van der Waals surface area contributed by atoms with Crippen LogP contribution < -0.4 is 5.32 Å². The first-order valence-electron chi connectivity index (χ1n) is 6.17. The Morgan fingerprint density at radius 1 is 1.23 bits per heavy atom. The Bertz CT molecular complexity index is 724. The molecule has 0 unspecified atom stereocenters. The summed E-state index contributed by atoms with van der Waals surface area (Å²) in [5.41, 5.74) is 0.196. The first kappa shape index (κ1) is 16.9. The number of hydrogen-bond acceptors (Lipinski definition) is 3. The highest BCUT2D eigenvalue weighted by molar-refractivity contribution is 9.10. The van der Waals surface area contributed by atoms with E-state index in [0.717, 1.165) is 9.37 Å². The molecule has 0 heterocycles. The van der Waals surface area contributed by atoms with Gasteiger partial charge in [-0.1, -0.05) is 23.7 Å². The van der Waals surface area contributed by atoms with Crippen LogP contribution in [0, 0.1) is 0 Å². The normalized spacial score (nSPS) is 10.3. The summed E-state index contributed by atoms with van der Waals surface area (Å²) in [6, 6.07) is 11.8. The van der Waals surface area contributed by atoms with Crippen LogP contribution in [0.3, 0.4) is 0 Å². The molecule has 2 aromatic rings. The van der Waals surface area contributed by atoms with Crippen molar-refractivity contribution in [1.82, 2.24) is 0 Å². The molecule has 0 aliphatic heterocycles. The first-order chi connectivity index (χ1) is 10.5. The number of hydrogen-bond donors (Lipinski definition) is 2. The lowest BCUT2D eigenvalue weighted by atomic mass is 10.2. The highest BCUT2D eigenvalue weighted by Gasteiger charge is 2.13. The number of amides is 1. The summed E-state index contributed by atoms with van der Waals surface area (Å²) in [7, 11) is 0. The largest absolute Gasteiger partial charge is 0.478 e. The summed E-state index contributed by atoms with van der Waals surface area (Å²) in [4.78, 5) is 24.1. The van der Waals surface area contributed by atoms with E-state index in [-0.39, 0.29) is 22.9 Å². The van der Waals surface area contributed by atoms with Gasteiger partial charge in [-0.15, -0.1) is 11.8 Å². The van der Waals surface area contributed by atoms with Crippen LogP contribution in [0.4, 0.5) is 5.69 Å². The molecular formula is C15H11BrClNO3S. The van der Waals surface area contributed by atoms with E-state index in [0.29, 0.717) is 5.02 Å². The number of nitrogens with one attached hydrogen (secondary N) is 1. The molecule has 0 saturated heterocycles. The van der Waals surface area contributed by atoms with Gasteiger partial charge in [0.25, 0.3) is 0 Å². The molecule has 0 bridgehead atoms. The van der Waals surface area contributed by atoms with Crippen LogP contribution >= 0.6 is 39.3 Å². The van der Waals surface area contributed by atoms with E-state index in [2.05, 4.69) is 21.2 Å². The maximum atomic E-state index is 12.0. The Morgan fingerprint density at radius 3 is 2.64 bits per heavy atom. The van der Waals surface area contributed by atoms with Gasteiger partial charge in [-0.2, -0.15) is 0 Å². The third-order valence-corrected chi connectivity index (χ3v) is 4.94. The van der Waals surface area contributed by atoms with Crippen molar-refractivity contribution in [2.75, 3.05) is 11.1 Å². The maximum absolute atomic E-state index is 12.0. The lowest BCUT2D eigenvalue weighted by molar-refractivity contribution is -0.113. The Balaban J connectivity index is 2.05. The number of halogens is 2. The van der Waals surface area contributed by atoms with Crippen molar-refractivity contribution >= 4 is 56.9 Å². The van der Waals surface area contributed by atoms with Gasteiger partial charge in [0.15, 0.2) is 0 Å². The summed E-state index contributed by atoms with van der Waals surface area (Å²) < 4.78 is 0.904. The van der Waals surface area contributed by atoms with E-state index in [4.69, 9.17) is 16.7 Å². The summed E-state index contributed by atoms with van der Waals surface area (Å²) in [5, 5.41) is 12.0. The summed E-state index contributed by atoms with van der Waals surface area (Å²) in [6.07, 6.45) is 0. The predicted octanol–water partition coefficient (Wildman–Crippen LogP) is 4.53. The maximum Gasteiger partial charge on any atom is 0.337 e. The Kier molecular flexibility index (Phi) is 5.88. The monoisotopic (exact) mass is 399 g/mol. The highest BCUT2D eigenvalue weighted by atomic mass is 79.9. The minimum atomic E-state index is -1.12. The van der Waals surface area contributed by atoms with Gasteiger partial charge in [0, 0.05) is 14.4 Å². The first-order valence-corrected chi connectivity index (χ1v) is 8.33. The van der Waals surface area contributed by atoms with Crippen molar-refractivity contribution in [2.24, 2.45) is 0 Å². The standard InChI is InChI=1S/C15H11BrClNO3S/c16-11-3-1-2-4-13(11)22-8-14(19)18-12-7-9(17)5-6-10(12)15(20)21/h1-7H,8H2,(H,18,19)(H,20,21). The summed E-state index contributed by atoms with van der Waals surface area (Å²) in [6.45, 7) is 0. The van der Waals surface area contributed by atoms with Crippen molar-refractivity contribution in [3.63, 3.8) is 0 Å². The topological polar surface area (TPSA) is 66.4 Å². The summed E-state index contributed by atoms with van der Waals surface area (Å²) >= 11 is 10.6. The minimum absolute atomic E-state index is 0.00337. The fourth-order valence-electron chi connectivity index (χ4n) is 1.70. The SMILES string of the molecule is O=C(CSc1ccccc1Br)Nc1cc(Cl)ccc1C(=O)O. The molecule has 0 aliphatic carbocycles. The van der Waals surface area contributed by atoms with Gasteiger partial charge in [0.2, 0.25) is 5.91 Å². The van der Waals surface area contributed by atoms with Crippen molar-refractivity contribution in [2.45, 2.75) is 4.90 Å². The molecule has 0 atom stereocenters. The van der Waals surface area contributed by atoms with Gasteiger partial charge >= 0.3 is 5.97 Å². The highest BCUT2D eigenvalue weighted by Crippen LogP contribution is 2.27. The van der Waals surface area contributed by atoms with Crippen molar-refractivity contribution in [1.29, 1.82) is 0 Å². The zero-order valence-electron chi connectivity index (χ0n) is 11.2. The average Bonchev–Trinajstić information content (AvgIpc) is 2.46. The number of carbonyl (C=O) groups excluding carboxylic acids is 1. The quantitative estimate of drug-likeness (QED) is 0.724. The molecule has 0 spiro atoms. The van der Waals surface area contributed by atoms with Crippen LogP contribution in [0.2, 0.25) is 5.02 Å². The van der Waals surface area contributed by atoms with Gasteiger partial charge in [-0.3, -0.25) is 4.79 Å². The van der Waals surface area contributed by atoms with Crippen LogP contribution in [-0.4, -0.2) is 22.7 Å². The minimum Gasteiger partial charge on any atom is -0.478 e. The average molecular weight is 401 g/mol. The number of benzene rings is 2. The van der Waals surface area contributed by atoms with Crippen molar-refractivity contribution in [3.8, 4) is 0 Å². The fourth-order valence-corrected chi connectivity index (χ4v) is 3.24. The van der Waals surface area contributed by atoms with Crippen LogP contribution in [0.25, 0.3) is 0 Å². The molecule has 0 fully saturated rings. The number of carboxylic acid groups (broad SMARTS) is 1. The second-order valence-corrected chi connectivity index (χ2v) is 6.57. The molecule has 2 N–H and O–H groups in total. The van der Waals surface area contributed by atoms with Gasteiger partial charge in [-0.25, -0.2) is 4.79 Å². The fraction of sp³-hybridized carbons (Fsp3) is 0.0667. The second-order valence-electron chi connectivity index (χ2n) is 4.26. The van der Waals surface area contributed by atoms with Gasteiger partial charge < -0.3 is 10.4 Å². The van der Waals surface area contributed by atoms with Gasteiger partial charge in [-0.05, 0) is 46.3 Å². The molecule has 2 aromatic carbocycles. The Morgan fingerprint density at radius 2 is 1.95 bits per heavy atom. The van der Waals surface area contributed by atoms with E-state index in [1.165, 1.54) is 30.0 Å². The molecule has 4 nitrogen and oxygen atoms in total. The third-order valence-electron chi connectivity index (χ3n) is 2.68. The number of rotatable bonds is 5. The molecule has 0 aliphatic rings. The predicted molar refractivity (Wildman–Crippen MR) is 91.9 cm³/mol. The van der Waals surface area contributed by atoms with Crippen LogP contribution in [0.1, 0.15) is 10.4 Å². The lowest BCUT2D eigenvalue weighted by Gasteiger charge is -2.09. The van der Waals surface area contributed by atoms with Crippen molar-refractivity contribution in [3.05, 3.63) is 57.5 Å². The molecule has 114 valence electrons. The van der Waals surface area contributed by atoms with Gasteiger partial charge in [0.05, 0.1) is 17.0 Å². The number of carboxylic acids is 1. The van der Waals surface area contributed by atoms with E-state index in [1.807, 2.05) is 24.3 Å². The Hall–Kier alpha value is -1.50. The number of aromatic carboxylic acids is 1. The number of anilines is 1.